The van der Waals surface area contributed by atoms with E-state index in [9.17, 15) is 10.1 Å². The van der Waals surface area contributed by atoms with E-state index in [2.05, 4.69) is 34.9 Å². The summed E-state index contributed by atoms with van der Waals surface area (Å²) in [6.07, 6.45) is 2.69. The van der Waals surface area contributed by atoms with Gasteiger partial charge in [-0.25, -0.2) is 0 Å². The first kappa shape index (κ1) is 18.3. The molecule has 2 aromatic rings. The Labute approximate surface area is 158 Å². The first-order valence-corrected chi connectivity index (χ1v) is 9.22. The van der Waals surface area contributed by atoms with Crippen molar-refractivity contribution in [2.24, 2.45) is 0 Å². The number of likely N-dealkylation sites (tertiary alicyclic amines) is 1. The van der Waals surface area contributed by atoms with Crippen LogP contribution in [0.5, 0.6) is 0 Å². The Hall–Kier alpha value is -2.51. The smallest absolute Gasteiger partial charge is 0.269 e. The van der Waals surface area contributed by atoms with Gasteiger partial charge in [0.2, 0.25) is 0 Å². The largest absolute Gasteiger partial charge is 0.358 e. The molecule has 1 fully saturated rings. The molecule has 0 aromatic heterocycles. The Balaban J connectivity index is 1.45. The van der Waals surface area contributed by atoms with Crippen molar-refractivity contribution < 1.29 is 9.82 Å². The van der Waals surface area contributed by atoms with Gasteiger partial charge in [0.05, 0.1) is 18.0 Å². The second-order valence-corrected chi connectivity index (χ2v) is 6.97. The van der Waals surface area contributed by atoms with Gasteiger partial charge in [-0.3, -0.25) is 10.1 Å². The molecular formula is C19H23N4O2S+. The fourth-order valence-corrected chi connectivity index (χ4v) is 3.33. The van der Waals surface area contributed by atoms with Gasteiger partial charge in [-0.15, -0.1) is 0 Å². The zero-order valence-electron chi connectivity index (χ0n) is 14.5. The van der Waals surface area contributed by atoms with Gasteiger partial charge in [0.1, 0.15) is 6.54 Å². The minimum absolute atomic E-state index is 0.0604. The van der Waals surface area contributed by atoms with Crippen molar-refractivity contribution in [2.75, 3.05) is 18.4 Å². The zero-order chi connectivity index (χ0) is 18.4. The molecule has 1 aliphatic heterocycles. The molecule has 1 saturated heterocycles. The highest BCUT2D eigenvalue weighted by atomic mass is 32.1. The summed E-state index contributed by atoms with van der Waals surface area (Å²) < 4.78 is 0. The summed E-state index contributed by atoms with van der Waals surface area (Å²) in [5.74, 6) is 0. The van der Waals surface area contributed by atoms with E-state index in [1.807, 2.05) is 0 Å². The number of hydrogen-bond acceptors (Lipinski definition) is 3. The molecule has 0 radical (unpaired) electrons. The van der Waals surface area contributed by atoms with E-state index < -0.39 is 4.92 Å². The quantitative estimate of drug-likeness (QED) is 0.413. The molecule has 3 N–H and O–H groups in total. The number of nitro groups is 1. The van der Waals surface area contributed by atoms with Crippen molar-refractivity contribution in [3.8, 4) is 0 Å². The molecule has 0 saturated carbocycles. The molecule has 0 bridgehead atoms. The van der Waals surface area contributed by atoms with E-state index in [-0.39, 0.29) is 5.69 Å². The monoisotopic (exact) mass is 371 g/mol. The molecule has 1 heterocycles. The lowest BCUT2D eigenvalue weighted by Crippen LogP contribution is -3.08. The fourth-order valence-electron chi connectivity index (χ4n) is 3.14. The summed E-state index contributed by atoms with van der Waals surface area (Å²) in [6.45, 7) is 4.31. The highest BCUT2D eigenvalue weighted by molar-refractivity contribution is 7.80. The average Bonchev–Trinajstić information content (AvgIpc) is 3.15. The summed E-state index contributed by atoms with van der Waals surface area (Å²) >= 11 is 5.28. The highest BCUT2D eigenvalue weighted by Crippen LogP contribution is 2.15. The third-order valence-electron chi connectivity index (χ3n) is 4.58. The number of anilines is 1. The van der Waals surface area contributed by atoms with E-state index in [0.717, 1.165) is 17.8 Å². The molecule has 26 heavy (non-hydrogen) atoms. The van der Waals surface area contributed by atoms with Crippen molar-refractivity contribution in [3.63, 3.8) is 0 Å². The van der Waals surface area contributed by atoms with Crippen LogP contribution in [0.1, 0.15) is 24.0 Å². The number of non-ortho nitro benzene ring substituents is 1. The van der Waals surface area contributed by atoms with E-state index in [4.69, 9.17) is 12.2 Å². The fraction of sp³-hybridized carbons (Fsp3) is 0.316. The van der Waals surface area contributed by atoms with Gasteiger partial charge >= 0.3 is 0 Å². The maximum Gasteiger partial charge on any atom is 0.269 e. The van der Waals surface area contributed by atoms with Crippen LogP contribution in [0.4, 0.5) is 11.4 Å². The lowest BCUT2D eigenvalue weighted by atomic mass is 10.1. The maximum atomic E-state index is 10.7. The Morgan fingerprint density at radius 3 is 2.27 bits per heavy atom. The van der Waals surface area contributed by atoms with E-state index in [1.165, 1.54) is 43.6 Å². The van der Waals surface area contributed by atoms with Gasteiger partial charge in [-0.05, 0) is 29.9 Å². The molecule has 6 nitrogen and oxygen atoms in total. The number of nitrogens with zero attached hydrogens (tertiary/aromatic N) is 1. The second kappa shape index (κ2) is 8.73. The Morgan fingerprint density at radius 2 is 1.65 bits per heavy atom. The molecule has 0 unspecified atom stereocenters. The molecule has 1 aliphatic rings. The molecule has 7 heteroatoms. The van der Waals surface area contributed by atoms with Gasteiger partial charge in [0.25, 0.3) is 5.69 Å². The van der Waals surface area contributed by atoms with Crippen LogP contribution in [0.15, 0.2) is 48.5 Å². The number of hydrogen-bond donors (Lipinski definition) is 3. The van der Waals surface area contributed by atoms with Crippen molar-refractivity contribution in [3.05, 3.63) is 69.8 Å². The standard InChI is InChI=1S/C19H22N4O2S/c24-23(25)18-9-7-17(8-10-18)21-19(26)20-13-15-3-5-16(6-4-15)14-22-11-1-2-12-22/h3-10H,1-2,11-14H2,(H2,20,21,26)/p+1. The third kappa shape index (κ3) is 5.24. The third-order valence-corrected chi connectivity index (χ3v) is 4.82. The van der Waals surface area contributed by atoms with Gasteiger partial charge in [-0.2, -0.15) is 0 Å². The average molecular weight is 371 g/mol. The lowest BCUT2D eigenvalue weighted by Gasteiger charge is -2.13. The molecular weight excluding hydrogens is 348 g/mol. The molecule has 2 aromatic carbocycles. The van der Waals surface area contributed by atoms with Crippen molar-refractivity contribution in [1.29, 1.82) is 0 Å². The van der Waals surface area contributed by atoms with Crippen LogP contribution < -0.4 is 15.5 Å². The summed E-state index contributed by atoms with van der Waals surface area (Å²) in [5, 5.41) is 17.3. The first-order chi connectivity index (χ1) is 12.6. The first-order valence-electron chi connectivity index (χ1n) is 8.81. The van der Waals surface area contributed by atoms with E-state index >= 15 is 0 Å². The van der Waals surface area contributed by atoms with Crippen LogP contribution in [0, 0.1) is 10.1 Å². The second-order valence-electron chi connectivity index (χ2n) is 6.56. The molecule has 0 amide bonds. The van der Waals surface area contributed by atoms with Crippen molar-refractivity contribution >= 4 is 28.7 Å². The Bertz CT molecular complexity index is 756. The van der Waals surface area contributed by atoms with Crippen LogP contribution in [0.3, 0.4) is 0 Å². The predicted octanol–water partition coefficient (Wildman–Crippen LogP) is 2.26. The van der Waals surface area contributed by atoms with Crippen LogP contribution in [-0.2, 0) is 13.1 Å². The number of quaternary nitrogens is 1. The number of thiocarbonyl (C=S) groups is 1. The zero-order valence-corrected chi connectivity index (χ0v) is 15.3. The van der Waals surface area contributed by atoms with Crippen molar-refractivity contribution in [2.45, 2.75) is 25.9 Å². The molecule has 3 rings (SSSR count). The Morgan fingerprint density at radius 1 is 1.04 bits per heavy atom. The van der Waals surface area contributed by atoms with Crippen molar-refractivity contribution in [1.82, 2.24) is 5.32 Å². The van der Waals surface area contributed by atoms with E-state index in [0.29, 0.717) is 11.7 Å². The van der Waals surface area contributed by atoms with Gasteiger partial charge < -0.3 is 15.5 Å². The SMILES string of the molecule is O=[N+]([O-])c1ccc(NC(=S)NCc2ccc(C[NH+]3CCCC3)cc2)cc1. The number of nitrogens with one attached hydrogen (secondary N) is 3. The minimum atomic E-state index is -0.421. The molecule has 136 valence electrons. The van der Waals surface area contributed by atoms with Gasteiger partial charge in [-0.1, -0.05) is 24.3 Å². The molecule has 0 aliphatic carbocycles. The minimum Gasteiger partial charge on any atom is -0.358 e. The Kier molecular flexibility index (Phi) is 6.14. The number of nitro benzene ring substituents is 1. The number of rotatable bonds is 6. The summed E-state index contributed by atoms with van der Waals surface area (Å²) in [6, 6.07) is 14.8. The maximum absolute atomic E-state index is 10.7. The summed E-state index contributed by atoms with van der Waals surface area (Å²) in [5.41, 5.74) is 3.32. The topological polar surface area (TPSA) is 71.6 Å². The van der Waals surface area contributed by atoms with Crippen LogP contribution in [0.25, 0.3) is 0 Å². The normalized spacial score (nSPS) is 14.2. The number of benzene rings is 2. The van der Waals surface area contributed by atoms with Crippen LogP contribution >= 0.6 is 12.2 Å². The van der Waals surface area contributed by atoms with Gasteiger partial charge in [0, 0.05) is 42.8 Å². The predicted molar refractivity (Wildman–Crippen MR) is 106 cm³/mol. The van der Waals surface area contributed by atoms with E-state index in [1.54, 1.807) is 17.0 Å². The van der Waals surface area contributed by atoms with Gasteiger partial charge in [0.15, 0.2) is 5.11 Å². The summed E-state index contributed by atoms with van der Waals surface area (Å²) in [7, 11) is 0. The summed E-state index contributed by atoms with van der Waals surface area (Å²) in [4.78, 5) is 11.9. The van der Waals surface area contributed by atoms with Crippen LogP contribution in [0.2, 0.25) is 0 Å². The lowest BCUT2D eigenvalue weighted by molar-refractivity contribution is -0.901. The van der Waals surface area contributed by atoms with Crippen LogP contribution in [-0.4, -0.2) is 23.1 Å². The highest BCUT2D eigenvalue weighted by Gasteiger charge is 2.15. The molecule has 0 spiro atoms. The molecule has 0 atom stereocenters.